The van der Waals surface area contributed by atoms with Crippen molar-refractivity contribution in [3.63, 3.8) is 0 Å². The first kappa shape index (κ1) is 22.7. The molecule has 0 fully saturated rings. The van der Waals surface area contributed by atoms with E-state index in [2.05, 4.69) is 24.9 Å². The van der Waals surface area contributed by atoms with E-state index in [4.69, 9.17) is 0 Å². The summed E-state index contributed by atoms with van der Waals surface area (Å²) in [5.41, 5.74) is 0. The Kier molecular flexibility index (Phi) is 337. The standard InChI is InChI=1S/Fe.H3N.H2O.S/h;1H3;1H2;. The predicted octanol–water partition coefficient (Wildman–Crippen LogP) is -0.0170. The third kappa shape index (κ3) is 16.8. The van der Waals surface area contributed by atoms with E-state index in [0.29, 0.717) is 0 Å². The van der Waals surface area contributed by atoms with Crippen molar-refractivity contribution < 1.29 is 19.9 Å². The minimum atomic E-state index is 0. The van der Waals surface area contributed by atoms with Crippen LogP contribution in [0.15, 0.2) is 0 Å². The summed E-state index contributed by atoms with van der Waals surface area (Å²) in [6, 6.07) is 0. The third-order valence-electron chi connectivity index (χ3n) is 0. The molecule has 4 heteroatoms. The first-order chi connectivity index (χ1) is 1.00. The maximum atomic E-state index is 3.83. The van der Waals surface area contributed by atoms with Crippen LogP contribution in [0.5, 0.6) is 0 Å². The molecule has 0 saturated heterocycles. The van der Waals surface area contributed by atoms with Crippen LogP contribution in [0.2, 0.25) is 0 Å². The van der Waals surface area contributed by atoms with Crippen LogP contribution in [-0.2, 0) is 14.4 Å². The molecule has 0 heterocycles. The van der Waals surface area contributed by atoms with E-state index in [9.17, 15) is 0 Å². The zero-order chi connectivity index (χ0) is 2.00. The molecule has 2 nitrogen and oxygen atoms in total. The van der Waals surface area contributed by atoms with Crippen LogP contribution >= 0.6 is 10.6 Å². The molecule has 30 valence electrons. The van der Waals surface area contributed by atoms with Crippen molar-refractivity contribution in [1.29, 1.82) is 0 Å². The Morgan fingerprint density at radius 3 is 1.25 bits per heavy atom. The molecule has 0 amide bonds. The van der Waals surface area contributed by atoms with E-state index in [1.54, 1.807) is 0 Å². The van der Waals surface area contributed by atoms with E-state index in [-0.39, 0.29) is 11.6 Å². The summed E-state index contributed by atoms with van der Waals surface area (Å²) in [7, 11) is 3.83. The van der Waals surface area contributed by atoms with Gasteiger partial charge in [0.2, 0.25) is 0 Å². The van der Waals surface area contributed by atoms with Crippen molar-refractivity contribution in [2.24, 2.45) is 0 Å². The zero-order valence-corrected chi connectivity index (χ0v) is 3.89. The second-order valence-corrected chi connectivity index (χ2v) is 0. The van der Waals surface area contributed by atoms with Crippen molar-refractivity contribution in [2.75, 3.05) is 0 Å². The average molecular weight is 123 g/mol. The Hall–Kier alpha value is 0.659. The zero-order valence-electron chi connectivity index (χ0n) is 1.97. The fraction of sp³-hybridized carbons (Fsp3) is 0. The van der Waals surface area contributed by atoms with Gasteiger partial charge in [-0.2, -0.15) is 0 Å². The second kappa shape index (κ2) is 59.5. The Balaban J connectivity index is -0.00000000500. The van der Waals surface area contributed by atoms with E-state index in [1.165, 1.54) is 0 Å². The van der Waals surface area contributed by atoms with Crippen molar-refractivity contribution >= 4 is 10.6 Å². The molecule has 0 atom stereocenters. The van der Waals surface area contributed by atoms with Crippen LogP contribution in [-0.4, -0.2) is 5.48 Å². The molecule has 0 spiro atoms. The first-order valence-corrected chi connectivity index (χ1v) is 1.79. The molecule has 0 aromatic rings. The Bertz CT molecular complexity index is 8.00. The van der Waals surface area contributed by atoms with Gasteiger partial charge in [-0.15, -0.1) is 0 Å². The second-order valence-electron chi connectivity index (χ2n) is 0. The summed E-state index contributed by atoms with van der Waals surface area (Å²) in [4.78, 5) is 0. The van der Waals surface area contributed by atoms with E-state index in [0.717, 1.165) is 0 Å². The molecular weight excluding hydrogens is 118 g/mol. The van der Waals surface area contributed by atoms with Gasteiger partial charge < -0.3 is 11.6 Å². The summed E-state index contributed by atoms with van der Waals surface area (Å²) in [6.07, 6.45) is 0. The monoisotopic (exact) mass is 123 g/mol. The fourth-order valence-corrected chi connectivity index (χ4v) is 0. The average Bonchev–Trinajstić information content (AvgIpc) is 1.00. The summed E-state index contributed by atoms with van der Waals surface area (Å²) >= 11 is 2.83. The predicted molar refractivity (Wildman–Crippen MR) is 16.2 cm³/mol. The normalized spacial score (nSPS) is 1.25. The Morgan fingerprint density at radius 2 is 1.25 bits per heavy atom. The van der Waals surface area contributed by atoms with Crippen molar-refractivity contribution in [2.45, 2.75) is 0 Å². The van der Waals surface area contributed by atoms with Gasteiger partial charge in [0.1, 0.15) is 0 Å². The topological polar surface area (TPSA) is 66.5 Å². The van der Waals surface area contributed by atoms with Crippen LogP contribution in [0.25, 0.3) is 0 Å². The number of rotatable bonds is 0. The van der Waals surface area contributed by atoms with Crippen LogP contribution in [0.3, 0.4) is 0 Å². The molecule has 0 radical (unpaired) electrons. The molecule has 0 unspecified atom stereocenters. The van der Waals surface area contributed by atoms with Crippen LogP contribution in [0, 0.1) is 0 Å². The van der Waals surface area contributed by atoms with Crippen molar-refractivity contribution in [3.8, 4) is 0 Å². The quantitative estimate of drug-likeness (QED) is 0.460. The van der Waals surface area contributed by atoms with E-state index >= 15 is 0 Å². The third-order valence-corrected chi connectivity index (χ3v) is 0. The van der Waals surface area contributed by atoms with Gasteiger partial charge in [-0.05, 0) is 0 Å². The van der Waals surface area contributed by atoms with Gasteiger partial charge in [0.15, 0.2) is 0 Å². The van der Waals surface area contributed by atoms with Crippen molar-refractivity contribution in [1.82, 2.24) is 6.15 Å². The van der Waals surface area contributed by atoms with Gasteiger partial charge in [-0.1, -0.05) is 0 Å². The van der Waals surface area contributed by atoms with Gasteiger partial charge in [0, 0.05) is 0 Å². The summed E-state index contributed by atoms with van der Waals surface area (Å²) in [5, 5.41) is 0. The molecule has 5 N–H and O–H groups in total. The first-order valence-electron chi connectivity index (χ1n) is 0.144. The van der Waals surface area contributed by atoms with Crippen LogP contribution in [0.1, 0.15) is 0 Å². The van der Waals surface area contributed by atoms with Gasteiger partial charge >= 0.3 is 24.9 Å². The molecule has 0 aliphatic rings. The molecule has 0 saturated carbocycles. The van der Waals surface area contributed by atoms with Crippen molar-refractivity contribution in [3.05, 3.63) is 0 Å². The molecule has 0 bridgehead atoms. The van der Waals surface area contributed by atoms with Gasteiger partial charge in [0.25, 0.3) is 0 Å². The Morgan fingerprint density at radius 1 is 1.25 bits per heavy atom. The van der Waals surface area contributed by atoms with Gasteiger partial charge in [-0.25, -0.2) is 0 Å². The van der Waals surface area contributed by atoms with E-state index in [1.807, 2.05) is 0 Å². The SMILES string of the molecule is N.O.[S]=[Fe]. The molecule has 0 aromatic heterocycles. The number of hydrogen-bond donors (Lipinski definition) is 1. The van der Waals surface area contributed by atoms with Gasteiger partial charge in [-0.3, -0.25) is 0 Å². The minimum absolute atomic E-state index is 0. The summed E-state index contributed by atoms with van der Waals surface area (Å²) in [6.45, 7) is 0. The fourth-order valence-electron chi connectivity index (χ4n) is 0. The van der Waals surface area contributed by atoms with Gasteiger partial charge in [0.05, 0.1) is 0 Å². The molecule has 4 heavy (non-hydrogen) atoms. The summed E-state index contributed by atoms with van der Waals surface area (Å²) in [5.74, 6) is 0. The maximum absolute atomic E-state index is 3.83. The molecule has 0 aliphatic heterocycles. The van der Waals surface area contributed by atoms with Crippen LogP contribution < -0.4 is 6.15 Å². The molecular formula is H5FeNOS. The summed E-state index contributed by atoms with van der Waals surface area (Å²) < 4.78 is 0. The number of hydrogen-bond acceptors (Lipinski definition) is 2. The van der Waals surface area contributed by atoms with Crippen LogP contribution in [0.4, 0.5) is 0 Å². The molecule has 0 aromatic carbocycles. The molecule has 0 rings (SSSR count). The Labute approximate surface area is 37.1 Å². The molecule has 0 aliphatic carbocycles. The van der Waals surface area contributed by atoms with E-state index < -0.39 is 0 Å².